The van der Waals surface area contributed by atoms with Gasteiger partial charge in [0.15, 0.2) is 0 Å². The fraction of sp³-hybridized carbons (Fsp3) is 0.500. The summed E-state index contributed by atoms with van der Waals surface area (Å²) in [6.45, 7) is 12.4. The van der Waals surface area contributed by atoms with Crippen molar-refractivity contribution in [1.29, 1.82) is 0 Å². The Morgan fingerprint density at radius 1 is 1.42 bits per heavy atom. The standard InChI is InChI=1S/C12H18/c1-5-11(9(2)3)12-8-6-7-10(12)4/h5,9H,1,4,6-8H2,2-3H3/b12-11+. The summed E-state index contributed by atoms with van der Waals surface area (Å²) in [6.07, 6.45) is 5.66. The van der Waals surface area contributed by atoms with Gasteiger partial charge in [0.2, 0.25) is 0 Å². The van der Waals surface area contributed by atoms with Gasteiger partial charge in [-0.2, -0.15) is 0 Å². The maximum absolute atomic E-state index is 4.08. The lowest BCUT2D eigenvalue weighted by atomic mass is 9.95. The number of hydrogen-bond donors (Lipinski definition) is 0. The second kappa shape index (κ2) is 3.75. The second-order valence-electron chi connectivity index (χ2n) is 3.75. The lowest BCUT2D eigenvalue weighted by Crippen LogP contribution is -1.95. The highest BCUT2D eigenvalue weighted by molar-refractivity contribution is 5.41. The summed E-state index contributed by atoms with van der Waals surface area (Å²) in [4.78, 5) is 0. The van der Waals surface area contributed by atoms with E-state index in [9.17, 15) is 0 Å². The van der Waals surface area contributed by atoms with Crippen LogP contribution < -0.4 is 0 Å². The molecule has 0 aromatic heterocycles. The van der Waals surface area contributed by atoms with E-state index in [2.05, 4.69) is 27.0 Å². The Morgan fingerprint density at radius 3 is 2.42 bits per heavy atom. The monoisotopic (exact) mass is 162 g/mol. The maximum atomic E-state index is 4.08. The van der Waals surface area contributed by atoms with Gasteiger partial charge in [0, 0.05) is 0 Å². The minimum absolute atomic E-state index is 0.590. The molecule has 1 saturated carbocycles. The van der Waals surface area contributed by atoms with Crippen molar-refractivity contribution in [3.63, 3.8) is 0 Å². The molecule has 0 atom stereocenters. The topological polar surface area (TPSA) is 0 Å². The van der Waals surface area contributed by atoms with Crippen molar-refractivity contribution in [2.45, 2.75) is 33.1 Å². The van der Waals surface area contributed by atoms with Gasteiger partial charge < -0.3 is 0 Å². The Hall–Kier alpha value is -0.780. The minimum Gasteiger partial charge on any atom is -0.0988 e. The van der Waals surface area contributed by atoms with E-state index in [1.165, 1.54) is 36.0 Å². The van der Waals surface area contributed by atoms with Crippen LogP contribution in [0.15, 0.2) is 36.0 Å². The second-order valence-corrected chi connectivity index (χ2v) is 3.75. The normalized spacial score (nSPS) is 21.8. The molecule has 1 aliphatic carbocycles. The van der Waals surface area contributed by atoms with Crippen LogP contribution in [0.4, 0.5) is 0 Å². The third kappa shape index (κ3) is 1.69. The molecule has 0 aliphatic heterocycles. The number of rotatable bonds is 2. The van der Waals surface area contributed by atoms with Gasteiger partial charge in [-0.05, 0) is 36.3 Å². The Kier molecular flexibility index (Phi) is 2.91. The van der Waals surface area contributed by atoms with Gasteiger partial charge in [-0.1, -0.05) is 38.7 Å². The van der Waals surface area contributed by atoms with Crippen molar-refractivity contribution in [3.8, 4) is 0 Å². The van der Waals surface area contributed by atoms with Crippen LogP contribution in [0.2, 0.25) is 0 Å². The van der Waals surface area contributed by atoms with Gasteiger partial charge in [-0.25, -0.2) is 0 Å². The molecule has 0 heteroatoms. The van der Waals surface area contributed by atoms with Gasteiger partial charge in [-0.3, -0.25) is 0 Å². The summed E-state index contributed by atoms with van der Waals surface area (Å²) in [5.74, 6) is 0.590. The third-order valence-corrected chi connectivity index (χ3v) is 2.52. The summed E-state index contributed by atoms with van der Waals surface area (Å²) >= 11 is 0. The predicted octanol–water partition coefficient (Wildman–Crippen LogP) is 3.87. The first-order valence-corrected chi connectivity index (χ1v) is 4.70. The van der Waals surface area contributed by atoms with E-state index >= 15 is 0 Å². The molecule has 12 heavy (non-hydrogen) atoms. The molecule has 66 valence electrons. The van der Waals surface area contributed by atoms with Crippen LogP contribution in [0.1, 0.15) is 33.1 Å². The molecular formula is C12H18. The van der Waals surface area contributed by atoms with Crippen LogP contribution in [0, 0.1) is 5.92 Å². The highest BCUT2D eigenvalue weighted by atomic mass is 14.2. The van der Waals surface area contributed by atoms with Gasteiger partial charge >= 0.3 is 0 Å². The van der Waals surface area contributed by atoms with Crippen molar-refractivity contribution in [2.24, 2.45) is 5.92 Å². The Morgan fingerprint density at radius 2 is 2.08 bits per heavy atom. The molecule has 1 fully saturated rings. The average Bonchev–Trinajstić information content (AvgIpc) is 2.38. The first-order valence-electron chi connectivity index (χ1n) is 4.70. The summed E-state index contributed by atoms with van der Waals surface area (Å²) in [6, 6.07) is 0. The van der Waals surface area contributed by atoms with Crippen LogP contribution >= 0.6 is 0 Å². The first-order chi connectivity index (χ1) is 5.66. The summed E-state index contributed by atoms with van der Waals surface area (Å²) < 4.78 is 0. The van der Waals surface area contributed by atoms with Gasteiger partial charge in [0.25, 0.3) is 0 Å². The molecule has 0 spiro atoms. The van der Waals surface area contributed by atoms with Crippen molar-refractivity contribution < 1.29 is 0 Å². The zero-order valence-electron chi connectivity index (χ0n) is 8.19. The summed E-state index contributed by atoms with van der Waals surface area (Å²) in [7, 11) is 0. The van der Waals surface area contributed by atoms with E-state index in [0.717, 1.165) is 0 Å². The molecular weight excluding hydrogens is 144 g/mol. The molecule has 0 unspecified atom stereocenters. The first kappa shape index (κ1) is 9.31. The minimum atomic E-state index is 0.590. The van der Waals surface area contributed by atoms with Crippen molar-refractivity contribution in [2.75, 3.05) is 0 Å². The van der Waals surface area contributed by atoms with Gasteiger partial charge in [0.1, 0.15) is 0 Å². The van der Waals surface area contributed by atoms with Crippen LogP contribution in [-0.2, 0) is 0 Å². The van der Waals surface area contributed by atoms with Crippen molar-refractivity contribution >= 4 is 0 Å². The predicted molar refractivity (Wildman–Crippen MR) is 55.1 cm³/mol. The molecule has 0 nitrogen and oxygen atoms in total. The molecule has 0 N–H and O–H groups in total. The molecule has 0 aromatic carbocycles. The van der Waals surface area contributed by atoms with E-state index < -0.39 is 0 Å². The van der Waals surface area contributed by atoms with Gasteiger partial charge in [-0.15, -0.1) is 0 Å². The fourth-order valence-corrected chi connectivity index (χ4v) is 1.86. The van der Waals surface area contributed by atoms with Crippen LogP contribution in [0.5, 0.6) is 0 Å². The lowest BCUT2D eigenvalue weighted by molar-refractivity contribution is 0.776. The van der Waals surface area contributed by atoms with E-state index in [0.29, 0.717) is 5.92 Å². The van der Waals surface area contributed by atoms with E-state index in [1.807, 2.05) is 6.08 Å². The molecule has 1 rings (SSSR count). The van der Waals surface area contributed by atoms with E-state index in [4.69, 9.17) is 0 Å². The van der Waals surface area contributed by atoms with Crippen LogP contribution in [0.3, 0.4) is 0 Å². The Labute approximate surface area is 75.7 Å². The molecule has 0 radical (unpaired) electrons. The van der Waals surface area contributed by atoms with Crippen LogP contribution in [-0.4, -0.2) is 0 Å². The van der Waals surface area contributed by atoms with Crippen LogP contribution in [0.25, 0.3) is 0 Å². The summed E-state index contributed by atoms with van der Waals surface area (Å²) in [5, 5.41) is 0. The van der Waals surface area contributed by atoms with Gasteiger partial charge in [0.05, 0.1) is 0 Å². The van der Waals surface area contributed by atoms with Crippen molar-refractivity contribution in [1.82, 2.24) is 0 Å². The zero-order chi connectivity index (χ0) is 9.14. The molecule has 0 bridgehead atoms. The Bertz CT molecular complexity index is 228. The number of allylic oxidation sites excluding steroid dienone is 4. The molecule has 0 amide bonds. The lowest BCUT2D eigenvalue weighted by Gasteiger charge is -2.11. The molecule has 0 aromatic rings. The SMILES string of the molecule is C=C/C(=C1/CCCC1=C)C(C)C. The quantitative estimate of drug-likeness (QED) is 0.578. The third-order valence-electron chi connectivity index (χ3n) is 2.52. The maximum Gasteiger partial charge on any atom is -0.0216 e. The smallest absolute Gasteiger partial charge is 0.0216 e. The molecule has 0 saturated heterocycles. The van der Waals surface area contributed by atoms with E-state index in [1.54, 1.807) is 0 Å². The number of hydrogen-bond acceptors (Lipinski definition) is 0. The summed E-state index contributed by atoms with van der Waals surface area (Å²) in [5.41, 5.74) is 4.20. The largest absolute Gasteiger partial charge is 0.0988 e. The highest BCUT2D eigenvalue weighted by Gasteiger charge is 2.15. The molecule has 1 aliphatic rings. The average molecular weight is 162 g/mol. The zero-order valence-corrected chi connectivity index (χ0v) is 8.19. The molecule has 0 heterocycles. The van der Waals surface area contributed by atoms with Crippen molar-refractivity contribution in [3.05, 3.63) is 36.0 Å². The Balaban J connectivity index is 2.99. The fourth-order valence-electron chi connectivity index (χ4n) is 1.86. The highest BCUT2D eigenvalue weighted by Crippen LogP contribution is 2.34. The van der Waals surface area contributed by atoms with E-state index in [-0.39, 0.29) is 0 Å².